The number of β-amino-alcohol motifs (C(OH)–C–C–N with tert-alkyl or cyclic N) is 1. The molecule has 0 amide bonds. The lowest BCUT2D eigenvalue weighted by atomic mass is 9.89. The first-order valence-electron chi connectivity index (χ1n) is 7.78. The third-order valence-electron chi connectivity index (χ3n) is 3.80. The Hall–Kier alpha value is -2.46. The molecule has 1 aromatic carbocycles. The molecular formula is C17H14BrF3N4O2. The molecule has 0 radical (unpaired) electrons. The molecule has 27 heavy (non-hydrogen) atoms. The lowest BCUT2D eigenvalue weighted by Gasteiger charge is -2.29. The number of alkyl halides is 3. The number of nitrogens with one attached hydrogen (secondary N) is 1. The number of aliphatic imine (C=N–C) groups is 1. The van der Waals surface area contributed by atoms with Crippen molar-refractivity contribution in [2.45, 2.75) is 18.2 Å². The van der Waals surface area contributed by atoms with Crippen LogP contribution in [0.5, 0.6) is 11.6 Å². The summed E-state index contributed by atoms with van der Waals surface area (Å²) >= 11 is 3.27. The van der Waals surface area contributed by atoms with Crippen LogP contribution in [0.2, 0.25) is 0 Å². The molecule has 1 atom stereocenters. The predicted octanol–water partition coefficient (Wildman–Crippen LogP) is 3.85. The molecule has 2 N–H and O–H groups in total. The van der Waals surface area contributed by atoms with Gasteiger partial charge in [-0.05, 0) is 30.3 Å². The highest BCUT2D eigenvalue weighted by Gasteiger charge is 2.42. The number of ether oxygens (including phenoxy) is 1. The summed E-state index contributed by atoms with van der Waals surface area (Å²) in [6, 6.07) is 9.00. The number of hydrogen-bond acceptors (Lipinski definition) is 6. The van der Waals surface area contributed by atoms with Crippen LogP contribution in [0.3, 0.4) is 0 Å². The van der Waals surface area contributed by atoms with Gasteiger partial charge in [-0.2, -0.15) is 18.3 Å². The highest BCUT2D eigenvalue weighted by molar-refractivity contribution is 9.10. The number of pyridine rings is 1. The fourth-order valence-electron chi connectivity index (χ4n) is 2.49. The van der Waals surface area contributed by atoms with Gasteiger partial charge in [0.2, 0.25) is 5.88 Å². The van der Waals surface area contributed by atoms with Crippen LogP contribution in [0.1, 0.15) is 17.7 Å². The van der Waals surface area contributed by atoms with Crippen LogP contribution in [-0.4, -0.2) is 29.2 Å². The second-order valence-electron chi connectivity index (χ2n) is 5.75. The van der Waals surface area contributed by atoms with E-state index in [1.54, 1.807) is 24.3 Å². The zero-order chi connectivity index (χ0) is 19.5. The molecule has 0 fully saturated rings. The molecule has 3 rings (SSSR count). The van der Waals surface area contributed by atoms with Crippen molar-refractivity contribution in [1.29, 1.82) is 0 Å². The summed E-state index contributed by atoms with van der Waals surface area (Å²) in [6.07, 6.45) is -2.41. The molecule has 0 aliphatic carbocycles. The van der Waals surface area contributed by atoms with Gasteiger partial charge in [0.05, 0.1) is 6.54 Å². The van der Waals surface area contributed by atoms with E-state index in [2.05, 4.69) is 36.4 Å². The Labute approximate surface area is 160 Å². The first-order valence-corrected chi connectivity index (χ1v) is 8.58. The number of rotatable bonds is 3. The van der Waals surface area contributed by atoms with Gasteiger partial charge in [0.25, 0.3) is 0 Å². The average molecular weight is 443 g/mol. The second-order valence-corrected chi connectivity index (χ2v) is 6.66. The van der Waals surface area contributed by atoms with E-state index in [1.807, 2.05) is 0 Å². The van der Waals surface area contributed by atoms with Crippen LogP contribution in [0, 0.1) is 0 Å². The van der Waals surface area contributed by atoms with Gasteiger partial charge in [-0.3, -0.25) is 0 Å². The van der Waals surface area contributed by atoms with Crippen LogP contribution in [-0.2, 0) is 11.8 Å². The third kappa shape index (κ3) is 4.64. The zero-order valence-electron chi connectivity index (χ0n) is 13.7. The molecule has 1 aromatic heterocycles. The number of halogens is 4. The Morgan fingerprint density at radius 1 is 1.15 bits per heavy atom. The highest BCUT2D eigenvalue weighted by Crippen LogP contribution is 2.38. The van der Waals surface area contributed by atoms with E-state index in [0.29, 0.717) is 5.75 Å². The standard InChI is InChI=1S/C17H14BrF3N4O2/c18-11-1-3-12(4-2-11)27-14-6-5-13(15(25-14)17(19,20)21)16(26)7-8-22-10-24-23-9-16/h1-6,8,10,23,26H,7,9H2/b22-8+,24-10-. The van der Waals surface area contributed by atoms with Crippen LogP contribution in [0.15, 0.2) is 51.0 Å². The van der Waals surface area contributed by atoms with Crippen molar-refractivity contribution in [3.8, 4) is 11.6 Å². The van der Waals surface area contributed by atoms with Crippen molar-refractivity contribution >= 4 is 28.5 Å². The average Bonchev–Trinajstić information content (AvgIpc) is 2.60. The summed E-state index contributed by atoms with van der Waals surface area (Å²) in [5, 5.41) is 14.5. The number of aliphatic hydroxyl groups is 1. The van der Waals surface area contributed by atoms with Crippen molar-refractivity contribution in [3.63, 3.8) is 0 Å². The SMILES string of the molecule is OC1(c2ccc(Oc3ccc(Br)cc3)nc2C(F)(F)F)C/C=N/C=N\NC1. The summed E-state index contributed by atoms with van der Waals surface area (Å²) in [6.45, 7) is -0.229. The molecule has 142 valence electrons. The predicted molar refractivity (Wildman–Crippen MR) is 97.0 cm³/mol. The van der Waals surface area contributed by atoms with Crippen LogP contribution in [0.4, 0.5) is 13.2 Å². The summed E-state index contributed by atoms with van der Waals surface area (Å²) in [5.74, 6) is 0.0990. The molecule has 2 aromatic rings. The van der Waals surface area contributed by atoms with E-state index in [9.17, 15) is 18.3 Å². The number of hydrazone groups is 1. The molecule has 1 unspecified atom stereocenters. The molecule has 1 aliphatic heterocycles. The highest BCUT2D eigenvalue weighted by atomic mass is 79.9. The van der Waals surface area contributed by atoms with Gasteiger partial charge in [0.15, 0.2) is 5.69 Å². The monoisotopic (exact) mass is 442 g/mol. The normalized spacial score (nSPS) is 22.3. The minimum Gasteiger partial charge on any atom is -0.439 e. The van der Waals surface area contributed by atoms with E-state index < -0.39 is 17.5 Å². The first-order chi connectivity index (χ1) is 12.8. The van der Waals surface area contributed by atoms with Gasteiger partial charge in [0, 0.05) is 28.7 Å². The molecule has 0 saturated carbocycles. The Balaban J connectivity index is 1.98. The van der Waals surface area contributed by atoms with Crippen LogP contribution in [0.25, 0.3) is 0 Å². The third-order valence-corrected chi connectivity index (χ3v) is 4.33. The molecule has 2 heterocycles. The zero-order valence-corrected chi connectivity index (χ0v) is 15.3. The van der Waals surface area contributed by atoms with Gasteiger partial charge in [-0.25, -0.2) is 9.98 Å². The Bertz CT molecular complexity index is 871. The van der Waals surface area contributed by atoms with Crippen LogP contribution < -0.4 is 10.2 Å². The van der Waals surface area contributed by atoms with Crippen molar-refractivity contribution in [3.05, 3.63) is 52.1 Å². The number of benzene rings is 1. The smallest absolute Gasteiger partial charge is 0.433 e. The maximum atomic E-state index is 13.6. The Morgan fingerprint density at radius 2 is 1.89 bits per heavy atom. The van der Waals surface area contributed by atoms with E-state index in [0.717, 1.165) is 10.5 Å². The summed E-state index contributed by atoms with van der Waals surface area (Å²) in [4.78, 5) is 7.36. The Kier molecular flexibility index (Phi) is 5.47. The molecule has 0 saturated heterocycles. The van der Waals surface area contributed by atoms with Gasteiger partial charge >= 0.3 is 6.18 Å². The van der Waals surface area contributed by atoms with Gasteiger partial charge in [-0.1, -0.05) is 15.9 Å². The summed E-state index contributed by atoms with van der Waals surface area (Å²) in [7, 11) is 0. The number of hydrogen-bond donors (Lipinski definition) is 2. The van der Waals surface area contributed by atoms with Gasteiger partial charge in [-0.15, -0.1) is 0 Å². The topological polar surface area (TPSA) is 79.1 Å². The molecule has 0 bridgehead atoms. The van der Waals surface area contributed by atoms with E-state index in [-0.39, 0.29) is 24.4 Å². The quantitative estimate of drug-likeness (QED) is 0.756. The molecule has 0 spiro atoms. The molecule has 1 aliphatic rings. The van der Waals surface area contributed by atoms with Gasteiger partial charge in [0.1, 0.15) is 17.7 Å². The van der Waals surface area contributed by atoms with Crippen LogP contribution >= 0.6 is 15.9 Å². The lowest BCUT2D eigenvalue weighted by Crippen LogP contribution is -2.39. The van der Waals surface area contributed by atoms with Gasteiger partial charge < -0.3 is 15.3 Å². The maximum absolute atomic E-state index is 13.6. The molecule has 6 nitrogen and oxygen atoms in total. The largest absolute Gasteiger partial charge is 0.439 e. The van der Waals surface area contributed by atoms with Crippen molar-refractivity contribution in [2.75, 3.05) is 6.54 Å². The fraction of sp³-hybridized carbons (Fsp3) is 0.235. The number of aromatic nitrogens is 1. The Morgan fingerprint density at radius 3 is 2.59 bits per heavy atom. The van der Waals surface area contributed by atoms with E-state index in [4.69, 9.17) is 4.74 Å². The van der Waals surface area contributed by atoms with Crippen molar-refractivity contribution < 1.29 is 23.0 Å². The number of nitrogens with zero attached hydrogens (tertiary/aromatic N) is 3. The molecular weight excluding hydrogens is 429 g/mol. The second kappa shape index (κ2) is 7.65. The molecule has 10 heteroatoms. The van der Waals surface area contributed by atoms with Crippen molar-refractivity contribution in [2.24, 2.45) is 10.1 Å². The maximum Gasteiger partial charge on any atom is 0.433 e. The van der Waals surface area contributed by atoms with Crippen molar-refractivity contribution in [1.82, 2.24) is 10.4 Å². The first kappa shape index (κ1) is 19.3. The van der Waals surface area contributed by atoms with E-state index in [1.165, 1.54) is 18.6 Å². The minimum absolute atomic E-state index is 0.135. The summed E-state index contributed by atoms with van der Waals surface area (Å²) in [5.41, 5.74) is -0.993. The summed E-state index contributed by atoms with van der Waals surface area (Å²) < 4.78 is 47.0. The minimum atomic E-state index is -4.78. The lowest BCUT2D eigenvalue weighted by molar-refractivity contribution is -0.144. The van der Waals surface area contributed by atoms with E-state index >= 15 is 0 Å². The fourth-order valence-corrected chi connectivity index (χ4v) is 2.76.